The SMILES string of the molecule is COc1ccc(OC)c([C@@H](C)NS(=O)(=O)c2cc(C)c(OC)cc2C)c1. The van der Waals surface area contributed by atoms with Crippen LogP contribution in [0.1, 0.15) is 29.7 Å². The van der Waals surface area contributed by atoms with Crippen molar-refractivity contribution in [3.05, 3.63) is 47.0 Å². The first-order valence-corrected chi connectivity index (χ1v) is 9.61. The number of hydrogen-bond donors (Lipinski definition) is 1. The lowest BCUT2D eigenvalue weighted by molar-refractivity contribution is 0.395. The first kappa shape index (κ1) is 20.1. The van der Waals surface area contributed by atoms with Crippen molar-refractivity contribution in [3.63, 3.8) is 0 Å². The molecular formula is C19H25NO5S. The average molecular weight is 379 g/mol. The van der Waals surface area contributed by atoms with Gasteiger partial charge in [0.25, 0.3) is 0 Å². The molecule has 0 aliphatic rings. The number of sulfonamides is 1. The van der Waals surface area contributed by atoms with E-state index < -0.39 is 16.1 Å². The van der Waals surface area contributed by atoms with Gasteiger partial charge in [-0.2, -0.15) is 0 Å². The Balaban J connectivity index is 2.40. The number of hydrogen-bond acceptors (Lipinski definition) is 5. The topological polar surface area (TPSA) is 73.9 Å². The Hall–Kier alpha value is -2.25. The van der Waals surface area contributed by atoms with Crippen molar-refractivity contribution in [2.75, 3.05) is 21.3 Å². The lowest BCUT2D eigenvalue weighted by atomic mass is 10.1. The van der Waals surface area contributed by atoms with Gasteiger partial charge in [0, 0.05) is 11.6 Å². The summed E-state index contributed by atoms with van der Waals surface area (Å²) >= 11 is 0. The average Bonchev–Trinajstić information content (AvgIpc) is 2.62. The van der Waals surface area contributed by atoms with E-state index in [0.29, 0.717) is 28.4 Å². The van der Waals surface area contributed by atoms with E-state index in [1.807, 2.05) is 6.92 Å². The lowest BCUT2D eigenvalue weighted by Gasteiger charge is -2.19. The van der Waals surface area contributed by atoms with Gasteiger partial charge in [0.05, 0.1) is 26.2 Å². The molecule has 1 atom stereocenters. The molecule has 0 aliphatic heterocycles. The molecule has 26 heavy (non-hydrogen) atoms. The van der Waals surface area contributed by atoms with E-state index in [2.05, 4.69) is 4.72 Å². The van der Waals surface area contributed by atoms with Gasteiger partial charge in [-0.1, -0.05) is 0 Å². The van der Waals surface area contributed by atoms with Crippen molar-refractivity contribution in [1.82, 2.24) is 4.72 Å². The largest absolute Gasteiger partial charge is 0.497 e. The van der Waals surface area contributed by atoms with Gasteiger partial charge in [0.1, 0.15) is 17.2 Å². The highest BCUT2D eigenvalue weighted by atomic mass is 32.2. The van der Waals surface area contributed by atoms with Gasteiger partial charge in [-0.25, -0.2) is 13.1 Å². The van der Waals surface area contributed by atoms with Crippen molar-refractivity contribution in [2.45, 2.75) is 31.7 Å². The van der Waals surface area contributed by atoms with Crippen LogP contribution in [-0.4, -0.2) is 29.7 Å². The van der Waals surface area contributed by atoms with Crippen molar-refractivity contribution < 1.29 is 22.6 Å². The van der Waals surface area contributed by atoms with Crippen LogP contribution in [0.2, 0.25) is 0 Å². The van der Waals surface area contributed by atoms with E-state index in [-0.39, 0.29) is 4.90 Å². The molecule has 0 aliphatic carbocycles. The summed E-state index contributed by atoms with van der Waals surface area (Å²) in [6, 6.07) is 8.11. The molecule has 0 unspecified atom stereocenters. The molecule has 0 radical (unpaired) electrons. The number of methoxy groups -OCH3 is 3. The van der Waals surface area contributed by atoms with Gasteiger partial charge in [0.2, 0.25) is 10.0 Å². The van der Waals surface area contributed by atoms with Crippen molar-refractivity contribution >= 4 is 10.0 Å². The molecule has 6 nitrogen and oxygen atoms in total. The van der Waals surface area contributed by atoms with E-state index in [0.717, 1.165) is 5.56 Å². The second-order valence-corrected chi connectivity index (χ2v) is 7.72. The quantitative estimate of drug-likeness (QED) is 0.798. The summed E-state index contributed by atoms with van der Waals surface area (Å²) in [5, 5.41) is 0. The van der Waals surface area contributed by atoms with Crippen molar-refractivity contribution in [3.8, 4) is 17.2 Å². The molecule has 142 valence electrons. The third-order valence-electron chi connectivity index (χ3n) is 4.22. The molecular weight excluding hydrogens is 354 g/mol. The van der Waals surface area contributed by atoms with Gasteiger partial charge in [-0.15, -0.1) is 0 Å². The minimum atomic E-state index is -3.73. The molecule has 0 aromatic heterocycles. The van der Waals surface area contributed by atoms with Crippen LogP contribution >= 0.6 is 0 Å². The first-order chi connectivity index (χ1) is 12.2. The molecule has 2 aromatic carbocycles. The molecule has 2 aromatic rings. The maximum Gasteiger partial charge on any atom is 0.241 e. The predicted octanol–water partition coefficient (Wildman–Crippen LogP) is 3.37. The smallest absolute Gasteiger partial charge is 0.241 e. The first-order valence-electron chi connectivity index (χ1n) is 8.13. The fourth-order valence-corrected chi connectivity index (χ4v) is 4.34. The summed E-state index contributed by atoms with van der Waals surface area (Å²) in [5.74, 6) is 1.87. The van der Waals surface area contributed by atoms with Crippen molar-refractivity contribution in [1.29, 1.82) is 0 Å². The zero-order valence-electron chi connectivity index (χ0n) is 15.9. The molecule has 0 heterocycles. The Morgan fingerprint density at radius 1 is 0.885 bits per heavy atom. The number of nitrogens with one attached hydrogen (secondary N) is 1. The number of aryl methyl sites for hydroxylation is 2. The highest BCUT2D eigenvalue weighted by Crippen LogP contribution is 2.31. The van der Waals surface area contributed by atoms with Crippen LogP contribution in [0.3, 0.4) is 0 Å². The van der Waals surface area contributed by atoms with E-state index in [9.17, 15) is 8.42 Å². The molecule has 0 bridgehead atoms. The van der Waals surface area contributed by atoms with Crippen LogP contribution in [0, 0.1) is 13.8 Å². The molecule has 0 spiro atoms. The molecule has 2 rings (SSSR count). The molecule has 0 saturated carbocycles. The summed E-state index contributed by atoms with van der Waals surface area (Å²) in [4.78, 5) is 0.226. The van der Waals surface area contributed by atoms with Gasteiger partial charge in [0.15, 0.2) is 0 Å². The zero-order valence-corrected chi connectivity index (χ0v) is 16.7. The molecule has 0 amide bonds. The monoisotopic (exact) mass is 379 g/mol. The maximum atomic E-state index is 12.9. The van der Waals surface area contributed by atoms with Gasteiger partial charge >= 0.3 is 0 Å². The Kier molecular flexibility index (Phi) is 6.15. The normalized spacial score (nSPS) is 12.5. The Morgan fingerprint density at radius 2 is 1.54 bits per heavy atom. The molecule has 0 fully saturated rings. The van der Waals surface area contributed by atoms with Crippen LogP contribution in [0.4, 0.5) is 0 Å². The summed E-state index contributed by atoms with van der Waals surface area (Å²) in [5.41, 5.74) is 2.06. The lowest BCUT2D eigenvalue weighted by Crippen LogP contribution is -2.28. The minimum absolute atomic E-state index is 0.226. The fraction of sp³-hybridized carbons (Fsp3) is 0.368. The summed E-state index contributed by atoms with van der Waals surface area (Å²) in [6.45, 7) is 5.32. The van der Waals surface area contributed by atoms with Crippen LogP contribution in [0.25, 0.3) is 0 Å². The molecule has 7 heteroatoms. The zero-order chi connectivity index (χ0) is 19.5. The summed E-state index contributed by atoms with van der Waals surface area (Å²) in [7, 11) is 0.933. The Bertz CT molecular complexity index is 893. The summed E-state index contributed by atoms with van der Waals surface area (Å²) < 4.78 is 44.4. The molecule has 0 saturated heterocycles. The van der Waals surface area contributed by atoms with Crippen LogP contribution in [0.15, 0.2) is 35.2 Å². The predicted molar refractivity (Wildman–Crippen MR) is 101 cm³/mol. The van der Waals surface area contributed by atoms with E-state index >= 15 is 0 Å². The minimum Gasteiger partial charge on any atom is -0.497 e. The van der Waals surface area contributed by atoms with Gasteiger partial charge in [-0.05, 0) is 62.2 Å². The highest BCUT2D eigenvalue weighted by Gasteiger charge is 2.23. The van der Waals surface area contributed by atoms with Crippen LogP contribution < -0.4 is 18.9 Å². The maximum absolute atomic E-state index is 12.9. The number of benzene rings is 2. The molecule has 1 N–H and O–H groups in total. The Labute approximate surface area is 155 Å². The van der Waals surface area contributed by atoms with Crippen molar-refractivity contribution in [2.24, 2.45) is 0 Å². The van der Waals surface area contributed by atoms with Gasteiger partial charge in [-0.3, -0.25) is 0 Å². The van der Waals surface area contributed by atoms with E-state index in [4.69, 9.17) is 14.2 Å². The number of rotatable bonds is 7. The standard InChI is InChI=1S/C19H25NO5S/c1-12-10-19(13(2)9-18(12)25-6)26(21,22)20-14(3)16-11-15(23-4)7-8-17(16)24-5/h7-11,14,20H,1-6H3/t14-/m1/s1. The number of ether oxygens (including phenoxy) is 3. The summed E-state index contributed by atoms with van der Waals surface area (Å²) in [6.07, 6.45) is 0. The van der Waals surface area contributed by atoms with Crippen LogP contribution in [-0.2, 0) is 10.0 Å². The second kappa shape index (κ2) is 7.97. The Morgan fingerprint density at radius 3 is 2.12 bits per heavy atom. The fourth-order valence-electron chi connectivity index (χ4n) is 2.81. The van der Waals surface area contributed by atoms with Gasteiger partial charge < -0.3 is 14.2 Å². The third-order valence-corrected chi connectivity index (χ3v) is 5.90. The van der Waals surface area contributed by atoms with Crippen LogP contribution in [0.5, 0.6) is 17.2 Å². The second-order valence-electron chi connectivity index (χ2n) is 6.04. The van der Waals surface area contributed by atoms with E-state index in [1.54, 1.807) is 65.5 Å². The third kappa shape index (κ3) is 4.11. The van der Waals surface area contributed by atoms with E-state index in [1.165, 1.54) is 0 Å². The highest BCUT2D eigenvalue weighted by molar-refractivity contribution is 7.89.